The van der Waals surface area contributed by atoms with Crippen molar-refractivity contribution in [1.82, 2.24) is 0 Å². The highest BCUT2D eigenvalue weighted by molar-refractivity contribution is 9.10. The first-order chi connectivity index (χ1) is 8.90. The van der Waals surface area contributed by atoms with Gasteiger partial charge in [-0.2, -0.15) is 0 Å². The number of rotatable bonds is 2. The van der Waals surface area contributed by atoms with Gasteiger partial charge in [0.1, 0.15) is 11.6 Å². The molecule has 0 aliphatic carbocycles. The van der Waals surface area contributed by atoms with Gasteiger partial charge in [-0.15, -0.1) is 0 Å². The number of carbonyl (C=O) groups excluding carboxylic acids is 1. The summed E-state index contributed by atoms with van der Waals surface area (Å²) in [5, 5.41) is 0. The Labute approximate surface area is 118 Å². The van der Waals surface area contributed by atoms with Gasteiger partial charge in [-0.1, -0.05) is 15.9 Å². The summed E-state index contributed by atoms with van der Waals surface area (Å²) in [6.07, 6.45) is 0. The largest absolute Gasteiger partial charge is 0.288 e. The highest BCUT2D eigenvalue weighted by Crippen LogP contribution is 2.24. The number of hydrogen-bond donors (Lipinski definition) is 0. The third-order valence-corrected chi connectivity index (χ3v) is 3.78. The Morgan fingerprint density at radius 1 is 1.00 bits per heavy atom. The summed E-state index contributed by atoms with van der Waals surface area (Å²) in [6.45, 7) is 3.63. The first-order valence-corrected chi connectivity index (χ1v) is 6.46. The lowest BCUT2D eigenvalue weighted by molar-refractivity contribution is 0.103. The Morgan fingerprint density at radius 2 is 1.68 bits per heavy atom. The molecule has 0 spiro atoms. The van der Waals surface area contributed by atoms with Gasteiger partial charge in [-0.25, -0.2) is 8.78 Å². The van der Waals surface area contributed by atoms with Crippen LogP contribution < -0.4 is 0 Å². The van der Waals surface area contributed by atoms with Crippen molar-refractivity contribution in [2.24, 2.45) is 0 Å². The monoisotopic (exact) mass is 324 g/mol. The van der Waals surface area contributed by atoms with E-state index in [4.69, 9.17) is 0 Å². The molecule has 0 bridgehead atoms. The molecule has 0 aliphatic rings. The molecule has 0 amide bonds. The Morgan fingerprint density at radius 3 is 2.32 bits per heavy atom. The smallest absolute Gasteiger partial charge is 0.196 e. The fourth-order valence-corrected chi connectivity index (χ4v) is 2.30. The molecule has 0 atom stereocenters. The van der Waals surface area contributed by atoms with Crippen LogP contribution in [0.2, 0.25) is 0 Å². The summed E-state index contributed by atoms with van der Waals surface area (Å²) >= 11 is 3.37. The van der Waals surface area contributed by atoms with Crippen LogP contribution in [0, 0.1) is 25.5 Å². The second-order valence-corrected chi connectivity index (χ2v) is 5.22. The zero-order chi connectivity index (χ0) is 14.2. The Hall–Kier alpha value is -1.55. The Balaban J connectivity index is 2.53. The molecule has 0 N–H and O–H groups in total. The maximum Gasteiger partial charge on any atom is 0.196 e. The fraction of sp³-hybridized carbons (Fsp3) is 0.133. The number of hydrogen-bond acceptors (Lipinski definition) is 1. The summed E-state index contributed by atoms with van der Waals surface area (Å²) in [7, 11) is 0. The zero-order valence-corrected chi connectivity index (χ0v) is 12.0. The predicted molar refractivity (Wildman–Crippen MR) is 73.4 cm³/mol. The maximum absolute atomic E-state index is 13.6. The minimum Gasteiger partial charge on any atom is -0.288 e. The number of benzene rings is 2. The second-order valence-electron chi connectivity index (χ2n) is 4.37. The Kier molecular flexibility index (Phi) is 3.80. The van der Waals surface area contributed by atoms with Crippen molar-refractivity contribution in [3.8, 4) is 0 Å². The van der Waals surface area contributed by atoms with Crippen molar-refractivity contribution >= 4 is 21.7 Å². The van der Waals surface area contributed by atoms with Crippen molar-refractivity contribution in [3.63, 3.8) is 0 Å². The highest BCUT2D eigenvalue weighted by atomic mass is 79.9. The molecular formula is C15H11BrF2O. The summed E-state index contributed by atoms with van der Waals surface area (Å²) in [4.78, 5) is 12.3. The quantitative estimate of drug-likeness (QED) is 0.739. The second kappa shape index (κ2) is 5.21. The molecule has 0 unspecified atom stereocenters. The molecule has 0 aliphatic heterocycles. The van der Waals surface area contributed by atoms with Crippen molar-refractivity contribution in [1.29, 1.82) is 0 Å². The van der Waals surface area contributed by atoms with Gasteiger partial charge < -0.3 is 0 Å². The van der Waals surface area contributed by atoms with Gasteiger partial charge in [0.25, 0.3) is 0 Å². The van der Waals surface area contributed by atoms with E-state index in [1.807, 2.05) is 13.0 Å². The van der Waals surface area contributed by atoms with E-state index in [1.54, 1.807) is 13.0 Å². The number of ketones is 1. The molecule has 19 heavy (non-hydrogen) atoms. The normalized spacial score (nSPS) is 10.6. The number of carbonyl (C=O) groups is 1. The van der Waals surface area contributed by atoms with Crippen molar-refractivity contribution in [2.75, 3.05) is 0 Å². The van der Waals surface area contributed by atoms with Crippen LogP contribution in [0.4, 0.5) is 8.78 Å². The molecule has 2 rings (SSSR count). The summed E-state index contributed by atoms with van der Waals surface area (Å²) in [5.74, 6) is -1.98. The third kappa shape index (κ3) is 2.73. The van der Waals surface area contributed by atoms with Crippen LogP contribution >= 0.6 is 15.9 Å². The van der Waals surface area contributed by atoms with E-state index in [0.717, 1.165) is 21.7 Å². The SMILES string of the molecule is Cc1cc(C(=O)c2ccc(F)cc2F)c(C)cc1Br. The summed E-state index contributed by atoms with van der Waals surface area (Å²) in [6, 6.07) is 6.48. The van der Waals surface area contributed by atoms with Crippen LogP contribution in [0.25, 0.3) is 0 Å². The van der Waals surface area contributed by atoms with Crippen LogP contribution in [0.15, 0.2) is 34.8 Å². The van der Waals surface area contributed by atoms with E-state index in [0.29, 0.717) is 11.6 Å². The number of aryl methyl sites for hydroxylation is 2. The summed E-state index contributed by atoms with van der Waals surface area (Å²) in [5.41, 5.74) is 1.93. The average Bonchev–Trinajstić information content (AvgIpc) is 2.33. The molecule has 2 aromatic rings. The predicted octanol–water partition coefficient (Wildman–Crippen LogP) is 4.58. The van der Waals surface area contributed by atoms with E-state index in [9.17, 15) is 13.6 Å². The van der Waals surface area contributed by atoms with E-state index < -0.39 is 17.4 Å². The van der Waals surface area contributed by atoms with Gasteiger partial charge >= 0.3 is 0 Å². The van der Waals surface area contributed by atoms with Gasteiger partial charge in [0.05, 0.1) is 5.56 Å². The van der Waals surface area contributed by atoms with Crippen LogP contribution in [0.5, 0.6) is 0 Å². The topological polar surface area (TPSA) is 17.1 Å². The minimum atomic E-state index is -0.843. The van der Waals surface area contributed by atoms with Crippen LogP contribution in [-0.2, 0) is 0 Å². The van der Waals surface area contributed by atoms with Crippen molar-refractivity contribution in [2.45, 2.75) is 13.8 Å². The highest BCUT2D eigenvalue weighted by Gasteiger charge is 2.17. The first-order valence-electron chi connectivity index (χ1n) is 5.66. The molecule has 0 fully saturated rings. The standard InChI is InChI=1S/C15H11BrF2O/c1-8-6-13(16)9(2)5-12(8)15(19)11-4-3-10(17)7-14(11)18/h3-7H,1-2H3. The molecule has 0 heterocycles. The van der Waals surface area contributed by atoms with E-state index in [-0.39, 0.29) is 5.56 Å². The van der Waals surface area contributed by atoms with Crippen LogP contribution in [0.1, 0.15) is 27.0 Å². The van der Waals surface area contributed by atoms with Gasteiger partial charge in [-0.05, 0) is 49.2 Å². The molecule has 0 radical (unpaired) electrons. The number of halogens is 3. The molecule has 0 saturated carbocycles. The molecule has 0 aromatic heterocycles. The summed E-state index contributed by atoms with van der Waals surface area (Å²) < 4.78 is 27.4. The molecule has 2 aromatic carbocycles. The van der Waals surface area contributed by atoms with E-state index in [2.05, 4.69) is 15.9 Å². The van der Waals surface area contributed by atoms with Gasteiger partial charge in [-0.3, -0.25) is 4.79 Å². The zero-order valence-electron chi connectivity index (χ0n) is 10.4. The van der Waals surface area contributed by atoms with E-state index >= 15 is 0 Å². The fourth-order valence-electron chi connectivity index (χ4n) is 1.84. The lowest BCUT2D eigenvalue weighted by atomic mass is 9.97. The van der Waals surface area contributed by atoms with Gasteiger partial charge in [0, 0.05) is 16.1 Å². The van der Waals surface area contributed by atoms with Gasteiger partial charge in [0.2, 0.25) is 0 Å². The van der Waals surface area contributed by atoms with E-state index in [1.165, 1.54) is 6.07 Å². The Bertz CT molecular complexity index is 665. The molecule has 0 saturated heterocycles. The lowest BCUT2D eigenvalue weighted by Gasteiger charge is -2.09. The third-order valence-electron chi connectivity index (χ3n) is 2.93. The van der Waals surface area contributed by atoms with Crippen molar-refractivity contribution in [3.05, 3.63) is 68.7 Å². The minimum absolute atomic E-state index is 0.119. The maximum atomic E-state index is 13.6. The van der Waals surface area contributed by atoms with Crippen LogP contribution in [-0.4, -0.2) is 5.78 Å². The van der Waals surface area contributed by atoms with Crippen LogP contribution in [0.3, 0.4) is 0 Å². The molecule has 1 nitrogen and oxygen atoms in total. The van der Waals surface area contributed by atoms with Gasteiger partial charge in [0.15, 0.2) is 5.78 Å². The molecular weight excluding hydrogens is 314 g/mol. The first kappa shape index (κ1) is 13.9. The van der Waals surface area contributed by atoms with Crippen molar-refractivity contribution < 1.29 is 13.6 Å². The average molecular weight is 325 g/mol. The molecule has 98 valence electrons. The molecule has 4 heteroatoms. The lowest BCUT2D eigenvalue weighted by Crippen LogP contribution is -2.07.